The number of aliphatic hydroxyl groups is 1. The van der Waals surface area contributed by atoms with Gasteiger partial charge < -0.3 is 9.84 Å². The summed E-state index contributed by atoms with van der Waals surface area (Å²) in [6.45, 7) is 6.00. The second-order valence-electron chi connectivity index (χ2n) is 12.1. The lowest BCUT2D eigenvalue weighted by Gasteiger charge is -2.60. The van der Waals surface area contributed by atoms with Crippen LogP contribution in [-0.4, -0.2) is 42.7 Å². The molecule has 9 heteroatoms. The Morgan fingerprint density at radius 2 is 2.05 bits per heavy atom. The van der Waals surface area contributed by atoms with Crippen molar-refractivity contribution in [3.8, 4) is 5.69 Å². The first-order valence-electron chi connectivity index (χ1n) is 13.6. The highest BCUT2D eigenvalue weighted by molar-refractivity contribution is 7.96. The minimum absolute atomic E-state index is 0.0114. The summed E-state index contributed by atoms with van der Waals surface area (Å²) in [5.41, 5.74) is 1.82. The molecular formula is C29H34FN3O4S. The Kier molecular flexibility index (Phi) is 5.92. The number of fused-ring (bicyclic) bond motifs is 6. The molecule has 202 valence electrons. The van der Waals surface area contributed by atoms with Gasteiger partial charge in [0.15, 0.2) is 5.60 Å². The van der Waals surface area contributed by atoms with Crippen LogP contribution in [0.2, 0.25) is 0 Å². The number of pyridine rings is 1. The van der Waals surface area contributed by atoms with Gasteiger partial charge in [-0.1, -0.05) is 26.3 Å². The Hall–Kier alpha value is -2.52. The minimum atomic E-state index is -1.30. The summed E-state index contributed by atoms with van der Waals surface area (Å²) in [6.07, 6.45) is 9.19. The standard InChI is InChI=1S/C29H34FN3O4S/c1-4-24(35)37-29(26(36)38)10-9-20-19-7-5-17-11-21-16(14-32-33(21)18-6-8-23(30)31-15-18)12-27(17,2)25(19)22(34)13-28(20,29)3/h6,8,11,14-15,19-20,22,25,34H,4-5,7,9-10,12-13H2,1-3H3,(H,36,38)/t19-,20?,22-,25?,27-,28-,29-/m0/s1. The third-order valence-corrected chi connectivity index (χ3v) is 10.8. The summed E-state index contributed by atoms with van der Waals surface area (Å²) in [7, 11) is 0. The highest BCUT2D eigenvalue weighted by Crippen LogP contribution is 2.68. The molecular weight excluding hydrogens is 505 g/mol. The summed E-state index contributed by atoms with van der Waals surface area (Å²) in [4.78, 5) is 29.2. The van der Waals surface area contributed by atoms with E-state index in [4.69, 9.17) is 4.74 Å². The van der Waals surface area contributed by atoms with Gasteiger partial charge in [0.25, 0.3) is 0 Å². The monoisotopic (exact) mass is 539 g/mol. The van der Waals surface area contributed by atoms with Crippen molar-refractivity contribution < 1.29 is 23.8 Å². The van der Waals surface area contributed by atoms with E-state index >= 15 is 0 Å². The number of esters is 1. The number of carbonyl (C=O) groups excluding carboxylic acids is 2. The van der Waals surface area contributed by atoms with E-state index in [9.17, 15) is 19.1 Å². The van der Waals surface area contributed by atoms with E-state index in [0.29, 0.717) is 18.5 Å². The average Bonchev–Trinajstić information content (AvgIpc) is 3.40. The Morgan fingerprint density at radius 3 is 2.74 bits per heavy atom. The zero-order valence-electron chi connectivity index (χ0n) is 22.0. The molecule has 2 heterocycles. The molecule has 0 aromatic carbocycles. The van der Waals surface area contributed by atoms with Crippen molar-refractivity contribution >= 4 is 29.8 Å². The van der Waals surface area contributed by atoms with Crippen molar-refractivity contribution in [3.05, 3.63) is 47.3 Å². The molecule has 0 saturated heterocycles. The average molecular weight is 540 g/mol. The molecule has 2 aromatic rings. The van der Waals surface area contributed by atoms with Gasteiger partial charge in [0.2, 0.25) is 11.1 Å². The van der Waals surface area contributed by atoms with Crippen LogP contribution >= 0.6 is 12.6 Å². The van der Waals surface area contributed by atoms with Crippen LogP contribution in [0.1, 0.15) is 70.6 Å². The zero-order valence-corrected chi connectivity index (χ0v) is 22.9. The van der Waals surface area contributed by atoms with Crippen LogP contribution in [0.25, 0.3) is 11.8 Å². The van der Waals surface area contributed by atoms with Crippen LogP contribution in [0.3, 0.4) is 0 Å². The Bertz CT molecular complexity index is 1340. The van der Waals surface area contributed by atoms with E-state index in [0.717, 1.165) is 36.9 Å². The van der Waals surface area contributed by atoms with Crippen LogP contribution in [0.4, 0.5) is 4.39 Å². The second kappa shape index (κ2) is 8.74. The molecule has 0 spiro atoms. The fourth-order valence-electron chi connectivity index (χ4n) is 8.70. The number of nitrogens with zero attached hydrogens (tertiary/aromatic N) is 3. The molecule has 6 rings (SSSR count). The third kappa shape index (κ3) is 3.43. The summed E-state index contributed by atoms with van der Waals surface area (Å²) < 4.78 is 21.1. The van der Waals surface area contributed by atoms with E-state index in [1.807, 2.05) is 13.1 Å². The Morgan fingerprint density at radius 1 is 1.26 bits per heavy atom. The molecule has 0 radical (unpaired) electrons. The maximum Gasteiger partial charge on any atom is 0.306 e. The maximum absolute atomic E-state index is 13.4. The summed E-state index contributed by atoms with van der Waals surface area (Å²) in [5.74, 6) is -0.586. The van der Waals surface area contributed by atoms with Crippen molar-refractivity contribution in [3.63, 3.8) is 0 Å². The van der Waals surface area contributed by atoms with Crippen molar-refractivity contribution in [2.24, 2.45) is 28.6 Å². The van der Waals surface area contributed by atoms with Gasteiger partial charge in [-0.05, 0) is 85.5 Å². The molecule has 3 fully saturated rings. The number of aliphatic hydroxyl groups excluding tert-OH is 1. The number of hydrogen-bond donors (Lipinski definition) is 2. The molecule has 2 aromatic heterocycles. The molecule has 4 aliphatic rings. The number of aromatic nitrogens is 3. The molecule has 1 N–H and O–H groups in total. The Labute approximate surface area is 227 Å². The maximum atomic E-state index is 13.4. The topological polar surface area (TPSA) is 94.3 Å². The fraction of sp³-hybridized carbons (Fsp3) is 0.586. The lowest BCUT2D eigenvalue weighted by atomic mass is 9.45. The quantitative estimate of drug-likeness (QED) is 0.332. The summed E-state index contributed by atoms with van der Waals surface area (Å²) >= 11 is 4.23. The molecule has 0 bridgehead atoms. The fourth-order valence-corrected chi connectivity index (χ4v) is 9.11. The van der Waals surface area contributed by atoms with Gasteiger partial charge in [-0.15, -0.1) is 12.6 Å². The van der Waals surface area contributed by atoms with E-state index in [2.05, 4.69) is 35.7 Å². The highest BCUT2D eigenvalue weighted by atomic mass is 32.1. The number of carbonyl (C=O) groups is 2. The van der Waals surface area contributed by atoms with Crippen molar-refractivity contribution in [1.82, 2.24) is 14.8 Å². The van der Waals surface area contributed by atoms with Crippen LogP contribution in [0.15, 0.2) is 30.1 Å². The normalized spacial score (nSPS) is 37.4. The van der Waals surface area contributed by atoms with Crippen molar-refractivity contribution in [2.75, 3.05) is 0 Å². The predicted molar refractivity (Wildman–Crippen MR) is 142 cm³/mol. The second-order valence-corrected chi connectivity index (χ2v) is 12.5. The number of ether oxygens (including phenoxy) is 1. The van der Waals surface area contributed by atoms with Gasteiger partial charge in [-0.25, -0.2) is 9.67 Å². The first-order chi connectivity index (χ1) is 18.0. The summed E-state index contributed by atoms with van der Waals surface area (Å²) in [6, 6.07) is 3.00. The van der Waals surface area contributed by atoms with Gasteiger partial charge in [-0.3, -0.25) is 9.59 Å². The molecule has 0 amide bonds. The van der Waals surface area contributed by atoms with Gasteiger partial charge in [-0.2, -0.15) is 9.49 Å². The van der Waals surface area contributed by atoms with E-state index in [-0.39, 0.29) is 29.6 Å². The van der Waals surface area contributed by atoms with Crippen molar-refractivity contribution in [1.29, 1.82) is 0 Å². The van der Waals surface area contributed by atoms with Crippen LogP contribution < -0.4 is 0 Å². The molecule has 7 atom stereocenters. The molecule has 38 heavy (non-hydrogen) atoms. The van der Waals surface area contributed by atoms with E-state index < -0.39 is 34.2 Å². The lowest BCUT2D eigenvalue weighted by molar-refractivity contribution is -0.196. The van der Waals surface area contributed by atoms with Crippen LogP contribution in [0, 0.1) is 34.5 Å². The SMILES string of the molecule is CCC(=O)O[C@]1(C(=O)S)CCC2[C@@H]3CCC4=Cc5c(cnn5-c5ccc(F)nc5)C[C@]4(C)C3[C@@H](O)C[C@@]21C. The predicted octanol–water partition coefficient (Wildman–Crippen LogP) is 4.71. The molecule has 7 nitrogen and oxygen atoms in total. The van der Waals surface area contributed by atoms with Gasteiger partial charge in [0, 0.05) is 11.8 Å². The molecule has 0 aliphatic heterocycles. The number of thiol groups is 1. The first-order valence-corrected chi connectivity index (χ1v) is 14.0. The first kappa shape index (κ1) is 25.7. The third-order valence-electron chi connectivity index (χ3n) is 10.4. The number of rotatable bonds is 4. The largest absolute Gasteiger partial charge is 0.449 e. The number of hydrogen-bond acceptors (Lipinski definition) is 6. The van der Waals surface area contributed by atoms with Crippen LogP contribution in [-0.2, 0) is 20.7 Å². The molecule has 3 saturated carbocycles. The van der Waals surface area contributed by atoms with Gasteiger partial charge >= 0.3 is 5.97 Å². The number of halogens is 1. The van der Waals surface area contributed by atoms with Crippen molar-refractivity contribution in [2.45, 2.75) is 77.4 Å². The minimum Gasteiger partial charge on any atom is -0.449 e. The van der Waals surface area contributed by atoms with Gasteiger partial charge in [0.1, 0.15) is 0 Å². The highest BCUT2D eigenvalue weighted by Gasteiger charge is 2.70. The summed E-state index contributed by atoms with van der Waals surface area (Å²) in [5, 5.41) is 16.0. The smallest absolute Gasteiger partial charge is 0.306 e. The zero-order chi connectivity index (χ0) is 27.0. The molecule has 4 aliphatic carbocycles. The Balaban J connectivity index is 1.36. The van der Waals surface area contributed by atoms with E-state index in [1.165, 1.54) is 17.8 Å². The number of allylic oxidation sites excluding steroid dienone is 1. The van der Waals surface area contributed by atoms with E-state index in [1.54, 1.807) is 17.7 Å². The van der Waals surface area contributed by atoms with Crippen LogP contribution in [0.5, 0.6) is 0 Å². The van der Waals surface area contributed by atoms with Gasteiger partial charge in [0.05, 0.1) is 29.9 Å². The molecule has 2 unspecified atom stereocenters. The lowest BCUT2D eigenvalue weighted by Crippen LogP contribution is -2.62.